The monoisotopic (exact) mass is 413 g/mol. The average molecular weight is 414 g/mol. The molecule has 1 fully saturated rings. The molecular weight excluding hydrogens is 382 g/mol. The number of hydrogen-bond donors (Lipinski definition) is 1. The zero-order chi connectivity index (χ0) is 20.5. The first-order valence-electron chi connectivity index (χ1n) is 10.4. The molecule has 1 aromatic heterocycles. The molecule has 5 nitrogen and oxygen atoms in total. The Labute approximate surface area is 177 Å². The number of nitrogens with one attached hydrogen (secondary N) is 1. The number of hydrogen-bond acceptors (Lipinski definition) is 5. The van der Waals surface area contributed by atoms with Gasteiger partial charge in [0.1, 0.15) is 12.4 Å². The Morgan fingerprint density at radius 1 is 1.34 bits per heavy atom. The lowest BCUT2D eigenvalue weighted by Gasteiger charge is -2.30. The van der Waals surface area contributed by atoms with Crippen molar-refractivity contribution < 1.29 is 9.53 Å². The summed E-state index contributed by atoms with van der Waals surface area (Å²) < 4.78 is 5.90. The van der Waals surface area contributed by atoms with Crippen molar-refractivity contribution in [2.45, 2.75) is 39.7 Å². The Balaban J connectivity index is 1.41. The van der Waals surface area contributed by atoms with Crippen LogP contribution in [0.4, 0.5) is 0 Å². The third-order valence-corrected chi connectivity index (χ3v) is 6.02. The van der Waals surface area contributed by atoms with E-state index in [9.17, 15) is 4.79 Å². The number of para-hydroxylation sites is 1. The van der Waals surface area contributed by atoms with E-state index in [2.05, 4.69) is 22.1 Å². The van der Waals surface area contributed by atoms with Crippen LogP contribution in [0, 0.1) is 12.8 Å². The summed E-state index contributed by atoms with van der Waals surface area (Å²) >= 11 is 1.62. The van der Waals surface area contributed by atoms with Crippen molar-refractivity contribution in [3.8, 4) is 5.75 Å². The molecule has 3 rings (SSSR count). The van der Waals surface area contributed by atoms with Gasteiger partial charge in [0.15, 0.2) is 0 Å². The van der Waals surface area contributed by atoms with Crippen LogP contribution in [0.5, 0.6) is 5.75 Å². The number of thiazole rings is 1. The average Bonchev–Trinajstić information content (AvgIpc) is 3.15. The number of carbonyl (C=O) groups excluding carboxylic acids is 1. The third kappa shape index (κ3) is 7.29. The molecule has 1 aliphatic rings. The summed E-state index contributed by atoms with van der Waals surface area (Å²) in [7, 11) is 0. The largest absolute Gasteiger partial charge is 0.487 e. The minimum atomic E-state index is -0.0674. The van der Waals surface area contributed by atoms with Crippen molar-refractivity contribution in [1.82, 2.24) is 15.2 Å². The smallest absolute Gasteiger partial charge is 0.244 e. The number of carbonyl (C=O) groups is 1. The molecule has 1 N–H and O–H groups in total. The number of nitrogens with zero attached hydrogens (tertiary/aromatic N) is 2. The fourth-order valence-electron chi connectivity index (χ4n) is 3.40. The second-order valence-electron chi connectivity index (χ2n) is 7.69. The molecule has 156 valence electrons. The number of rotatable bonds is 9. The molecule has 0 radical (unpaired) electrons. The van der Waals surface area contributed by atoms with Crippen molar-refractivity contribution >= 4 is 23.3 Å². The van der Waals surface area contributed by atoms with Crippen molar-refractivity contribution in [2.75, 3.05) is 26.2 Å². The second kappa shape index (κ2) is 11.1. The standard InChI is InChI=1S/C23H31N3O2S/c1-18-10-14-26(15-11-18)13-5-12-24-23(27)9-8-20-6-3-4-7-22(20)28-16-21-17-29-19(2)25-21/h3-4,6-9,17-18H,5,10-16H2,1-2H3,(H,24,27)/b9-8+. The van der Waals surface area contributed by atoms with E-state index in [1.165, 1.54) is 25.9 Å². The van der Waals surface area contributed by atoms with E-state index >= 15 is 0 Å². The van der Waals surface area contributed by atoms with Gasteiger partial charge in [0.25, 0.3) is 0 Å². The molecule has 0 unspecified atom stereocenters. The zero-order valence-corrected chi connectivity index (χ0v) is 18.2. The van der Waals surface area contributed by atoms with Gasteiger partial charge < -0.3 is 15.0 Å². The number of ether oxygens (including phenoxy) is 1. The van der Waals surface area contributed by atoms with Crippen LogP contribution < -0.4 is 10.1 Å². The molecule has 0 bridgehead atoms. The maximum atomic E-state index is 12.1. The van der Waals surface area contributed by atoms with Crippen LogP contribution in [0.3, 0.4) is 0 Å². The molecule has 1 amide bonds. The highest BCUT2D eigenvalue weighted by Gasteiger charge is 2.14. The molecule has 0 atom stereocenters. The van der Waals surface area contributed by atoms with Crippen LogP contribution in [-0.4, -0.2) is 42.0 Å². The molecule has 0 aliphatic carbocycles. The van der Waals surface area contributed by atoms with Gasteiger partial charge in [-0.15, -0.1) is 11.3 Å². The van der Waals surface area contributed by atoms with Gasteiger partial charge >= 0.3 is 0 Å². The van der Waals surface area contributed by atoms with Gasteiger partial charge in [0.05, 0.1) is 10.7 Å². The quantitative estimate of drug-likeness (QED) is 0.492. The molecule has 0 saturated carbocycles. The highest BCUT2D eigenvalue weighted by Crippen LogP contribution is 2.21. The molecular formula is C23H31N3O2S. The molecule has 6 heteroatoms. The minimum absolute atomic E-state index is 0.0674. The van der Waals surface area contributed by atoms with E-state index in [0.717, 1.165) is 40.9 Å². The summed E-state index contributed by atoms with van der Waals surface area (Å²) in [4.78, 5) is 19.1. The Bertz CT molecular complexity index is 810. The Morgan fingerprint density at radius 2 is 2.14 bits per heavy atom. The number of likely N-dealkylation sites (tertiary alicyclic amines) is 1. The van der Waals surface area contributed by atoms with Gasteiger partial charge in [-0.1, -0.05) is 25.1 Å². The summed E-state index contributed by atoms with van der Waals surface area (Å²) in [6, 6.07) is 7.73. The molecule has 2 heterocycles. The van der Waals surface area contributed by atoms with Crippen LogP contribution in [0.2, 0.25) is 0 Å². The van der Waals surface area contributed by atoms with E-state index in [0.29, 0.717) is 13.2 Å². The van der Waals surface area contributed by atoms with Gasteiger partial charge in [-0.05, 0) is 63.9 Å². The van der Waals surface area contributed by atoms with Crippen molar-refractivity contribution in [2.24, 2.45) is 5.92 Å². The number of amides is 1. The second-order valence-corrected chi connectivity index (χ2v) is 8.75. The van der Waals surface area contributed by atoms with E-state index in [1.54, 1.807) is 17.4 Å². The summed E-state index contributed by atoms with van der Waals surface area (Å²) in [5.41, 5.74) is 1.81. The van der Waals surface area contributed by atoms with Crippen molar-refractivity contribution in [3.63, 3.8) is 0 Å². The van der Waals surface area contributed by atoms with Crippen LogP contribution in [0.25, 0.3) is 6.08 Å². The maximum Gasteiger partial charge on any atom is 0.244 e. The Hall–Kier alpha value is -2.18. The van der Waals surface area contributed by atoms with E-state index in [4.69, 9.17) is 4.74 Å². The third-order valence-electron chi connectivity index (χ3n) is 5.20. The fraction of sp³-hybridized carbons (Fsp3) is 0.478. The van der Waals surface area contributed by atoms with Crippen LogP contribution in [0.1, 0.15) is 42.5 Å². The lowest BCUT2D eigenvalue weighted by molar-refractivity contribution is -0.116. The van der Waals surface area contributed by atoms with Crippen LogP contribution in [0.15, 0.2) is 35.7 Å². The molecule has 2 aromatic rings. The topological polar surface area (TPSA) is 54.5 Å². The predicted octanol–water partition coefficient (Wildman–Crippen LogP) is 4.28. The number of aryl methyl sites for hydroxylation is 1. The molecule has 1 saturated heterocycles. The lowest BCUT2D eigenvalue weighted by Crippen LogP contribution is -2.35. The van der Waals surface area contributed by atoms with Crippen molar-refractivity contribution in [1.29, 1.82) is 0 Å². The van der Waals surface area contributed by atoms with Gasteiger partial charge in [-0.3, -0.25) is 4.79 Å². The Kier molecular flexibility index (Phi) is 8.25. The van der Waals surface area contributed by atoms with Gasteiger partial charge in [-0.25, -0.2) is 4.98 Å². The number of benzene rings is 1. The van der Waals surface area contributed by atoms with E-state index < -0.39 is 0 Å². The fourth-order valence-corrected chi connectivity index (χ4v) is 4.00. The highest BCUT2D eigenvalue weighted by atomic mass is 32.1. The summed E-state index contributed by atoms with van der Waals surface area (Å²) in [6.07, 6.45) is 6.96. The van der Waals surface area contributed by atoms with Crippen LogP contribution >= 0.6 is 11.3 Å². The van der Waals surface area contributed by atoms with E-state index in [1.807, 2.05) is 42.6 Å². The normalized spacial score (nSPS) is 15.7. The first-order chi connectivity index (χ1) is 14.1. The lowest BCUT2D eigenvalue weighted by atomic mass is 9.99. The Morgan fingerprint density at radius 3 is 2.90 bits per heavy atom. The molecule has 1 aromatic carbocycles. The summed E-state index contributed by atoms with van der Waals surface area (Å²) in [5, 5.41) is 6.02. The first-order valence-corrected chi connectivity index (χ1v) is 11.3. The van der Waals surface area contributed by atoms with Gasteiger partial charge in [0, 0.05) is 23.6 Å². The molecule has 29 heavy (non-hydrogen) atoms. The highest BCUT2D eigenvalue weighted by molar-refractivity contribution is 7.09. The maximum absolute atomic E-state index is 12.1. The van der Waals surface area contributed by atoms with Crippen molar-refractivity contribution in [3.05, 3.63) is 52.0 Å². The minimum Gasteiger partial charge on any atom is -0.487 e. The summed E-state index contributed by atoms with van der Waals surface area (Å²) in [6.45, 7) is 8.87. The summed E-state index contributed by atoms with van der Waals surface area (Å²) in [5.74, 6) is 1.54. The van der Waals surface area contributed by atoms with Gasteiger partial charge in [-0.2, -0.15) is 0 Å². The zero-order valence-electron chi connectivity index (χ0n) is 17.4. The van der Waals surface area contributed by atoms with E-state index in [-0.39, 0.29) is 5.91 Å². The SMILES string of the molecule is Cc1nc(COc2ccccc2/C=C/C(=O)NCCCN2CCC(C)CC2)cs1. The first kappa shape index (κ1) is 21.5. The predicted molar refractivity (Wildman–Crippen MR) is 119 cm³/mol. The number of aromatic nitrogens is 1. The number of piperidine rings is 1. The molecule has 0 spiro atoms. The molecule has 1 aliphatic heterocycles. The van der Waals surface area contributed by atoms with Crippen LogP contribution in [-0.2, 0) is 11.4 Å². The van der Waals surface area contributed by atoms with Gasteiger partial charge in [0.2, 0.25) is 5.91 Å².